The van der Waals surface area contributed by atoms with E-state index in [1.54, 1.807) is 0 Å². The number of carbonyl (C=O) groups excluding carboxylic acids is 1. The highest BCUT2D eigenvalue weighted by molar-refractivity contribution is 5.73. The highest BCUT2D eigenvalue weighted by Crippen LogP contribution is 2.27. The van der Waals surface area contributed by atoms with Crippen LogP contribution in [0.5, 0.6) is 0 Å². The number of nitrogens with one attached hydrogen (secondary N) is 1. The zero-order valence-corrected chi connectivity index (χ0v) is 17.6. The lowest BCUT2D eigenvalue weighted by molar-refractivity contribution is -0.119. The summed E-state index contributed by atoms with van der Waals surface area (Å²) in [5, 5.41) is 2.86. The number of allylic oxidation sites excluding steroid dienone is 8. The quantitative estimate of drug-likeness (QED) is 0.610. The second-order valence-electron chi connectivity index (χ2n) is 7.41. The number of amides is 1. The molecule has 3 rings (SSSR count). The van der Waals surface area contributed by atoms with E-state index in [1.165, 1.54) is 31.6 Å². The maximum atomic E-state index is 14.1. The van der Waals surface area contributed by atoms with Gasteiger partial charge in [0.2, 0.25) is 5.91 Å². The number of hydrogen-bond donors (Lipinski definition) is 1. The molecule has 3 aliphatic rings. The lowest BCUT2D eigenvalue weighted by atomic mass is 9.96. The first kappa shape index (κ1) is 23.6. The molecular formula is C24H29F3N2O. The number of halogens is 3. The van der Waals surface area contributed by atoms with Crippen LogP contribution in [0.2, 0.25) is 0 Å². The normalized spacial score (nSPS) is 22.1. The topological polar surface area (TPSA) is 32.3 Å². The molecule has 1 aliphatic heterocycles. The molecule has 6 heteroatoms. The van der Waals surface area contributed by atoms with Gasteiger partial charge in [-0.25, -0.2) is 13.2 Å². The lowest BCUT2D eigenvalue weighted by Crippen LogP contribution is -2.36. The summed E-state index contributed by atoms with van der Waals surface area (Å²) in [5.74, 6) is -1.83. The van der Waals surface area contributed by atoms with Gasteiger partial charge in [0.05, 0.1) is 6.04 Å². The fourth-order valence-corrected chi connectivity index (χ4v) is 3.49. The largest absolute Gasteiger partial charge is 0.372 e. The molecule has 30 heavy (non-hydrogen) atoms. The minimum atomic E-state index is -0.897. The molecule has 162 valence electrons. The number of hydrogen-bond acceptors (Lipinski definition) is 2. The SMILES string of the molecule is C=CC1=C(F)C(F)=CC=C=C1.CC(=O)NC(C)C1=CCC(F)C(N2CCCCC2)=C1. The Labute approximate surface area is 176 Å². The van der Waals surface area contributed by atoms with Crippen molar-refractivity contribution in [2.24, 2.45) is 0 Å². The van der Waals surface area contributed by atoms with Crippen molar-refractivity contribution in [3.05, 3.63) is 77.3 Å². The third kappa shape index (κ3) is 6.67. The van der Waals surface area contributed by atoms with Gasteiger partial charge in [-0.15, -0.1) is 5.73 Å². The van der Waals surface area contributed by atoms with Gasteiger partial charge in [0.1, 0.15) is 6.17 Å². The van der Waals surface area contributed by atoms with Crippen molar-refractivity contribution >= 4 is 5.91 Å². The molecule has 2 unspecified atom stereocenters. The van der Waals surface area contributed by atoms with E-state index in [4.69, 9.17) is 0 Å². The predicted octanol–water partition coefficient (Wildman–Crippen LogP) is 5.52. The highest BCUT2D eigenvalue weighted by Gasteiger charge is 2.25. The Morgan fingerprint density at radius 3 is 2.67 bits per heavy atom. The monoisotopic (exact) mass is 418 g/mol. The molecule has 1 heterocycles. The molecule has 0 aromatic rings. The van der Waals surface area contributed by atoms with E-state index in [1.807, 2.05) is 19.1 Å². The molecule has 2 atom stereocenters. The summed E-state index contributed by atoms with van der Waals surface area (Å²) >= 11 is 0. The summed E-state index contributed by atoms with van der Waals surface area (Å²) in [5.41, 5.74) is 4.51. The molecule has 0 saturated carbocycles. The average molecular weight is 419 g/mol. The van der Waals surface area contributed by atoms with Crippen LogP contribution in [-0.2, 0) is 4.79 Å². The molecule has 0 spiro atoms. The first-order valence-electron chi connectivity index (χ1n) is 10.2. The second kappa shape index (κ2) is 11.5. The first-order chi connectivity index (χ1) is 14.3. The van der Waals surface area contributed by atoms with Crippen molar-refractivity contribution < 1.29 is 18.0 Å². The summed E-state index contributed by atoms with van der Waals surface area (Å²) in [6.45, 7) is 8.69. The Balaban J connectivity index is 0.000000248. The molecule has 0 aromatic heterocycles. The van der Waals surface area contributed by atoms with Crippen LogP contribution < -0.4 is 5.32 Å². The van der Waals surface area contributed by atoms with Gasteiger partial charge in [0, 0.05) is 37.7 Å². The van der Waals surface area contributed by atoms with Gasteiger partial charge >= 0.3 is 0 Å². The molecule has 2 aliphatic carbocycles. The van der Waals surface area contributed by atoms with E-state index in [0.29, 0.717) is 6.42 Å². The standard InChI is InChI=1S/C15H23FN2O.C9H6F2/c1-11(17-12(2)19)13-6-7-14(16)15(10-13)18-8-4-3-5-9-18;1-2-7-5-3-4-6-8(10)9(7)11/h6,10-11,14H,3-5,7-9H2,1-2H3,(H,17,19);2,4-6H,1H2. The summed E-state index contributed by atoms with van der Waals surface area (Å²) in [4.78, 5) is 13.3. The van der Waals surface area contributed by atoms with Crippen molar-refractivity contribution in [1.29, 1.82) is 0 Å². The van der Waals surface area contributed by atoms with Crippen molar-refractivity contribution in [2.75, 3.05) is 13.1 Å². The highest BCUT2D eigenvalue weighted by atomic mass is 19.2. The lowest BCUT2D eigenvalue weighted by Gasteiger charge is -2.34. The zero-order chi connectivity index (χ0) is 22.1. The Bertz CT molecular complexity index is 839. The predicted molar refractivity (Wildman–Crippen MR) is 115 cm³/mol. The molecule has 3 nitrogen and oxygen atoms in total. The molecule has 0 aromatic carbocycles. The van der Waals surface area contributed by atoms with Crippen molar-refractivity contribution in [3.8, 4) is 0 Å². The number of alkyl halides is 1. The summed E-state index contributed by atoms with van der Waals surface area (Å²) < 4.78 is 39.4. The first-order valence-corrected chi connectivity index (χ1v) is 10.2. The number of likely N-dealkylation sites (tertiary alicyclic amines) is 1. The molecule has 1 fully saturated rings. The van der Waals surface area contributed by atoms with E-state index < -0.39 is 17.8 Å². The zero-order valence-electron chi connectivity index (χ0n) is 17.6. The van der Waals surface area contributed by atoms with Gasteiger partial charge in [0.25, 0.3) is 0 Å². The van der Waals surface area contributed by atoms with E-state index >= 15 is 0 Å². The molecule has 0 radical (unpaired) electrons. The maximum Gasteiger partial charge on any atom is 0.217 e. The van der Waals surface area contributed by atoms with Gasteiger partial charge in [-0.05, 0) is 56.1 Å². The van der Waals surface area contributed by atoms with Gasteiger partial charge in [-0.1, -0.05) is 18.7 Å². The Morgan fingerprint density at radius 2 is 2.03 bits per heavy atom. The van der Waals surface area contributed by atoms with Gasteiger partial charge in [-0.3, -0.25) is 4.79 Å². The van der Waals surface area contributed by atoms with Crippen LogP contribution in [0.1, 0.15) is 39.5 Å². The molecular weight excluding hydrogens is 389 g/mol. The van der Waals surface area contributed by atoms with Crippen molar-refractivity contribution in [2.45, 2.75) is 51.7 Å². The molecule has 1 amide bonds. The third-order valence-electron chi connectivity index (χ3n) is 5.08. The van der Waals surface area contributed by atoms with Crippen molar-refractivity contribution in [1.82, 2.24) is 10.2 Å². The minimum absolute atomic E-state index is 0.0511. The summed E-state index contributed by atoms with van der Waals surface area (Å²) in [6, 6.07) is -0.0511. The number of carbonyl (C=O) groups is 1. The third-order valence-corrected chi connectivity index (χ3v) is 5.08. The fourth-order valence-electron chi connectivity index (χ4n) is 3.49. The van der Waals surface area contributed by atoms with Crippen molar-refractivity contribution in [3.63, 3.8) is 0 Å². The van der Waals surface area contributed by atoms with Crippen LogP contribution in [0, 0.1) is 0 Å². The molecule has 1 saturated heterocycles. The van der Waals surface area contributed by atoms with E-state index in [2.05, 4.69) is 22.5 Å². The molecule has 1 N–H and O–H groups in total. The van der Waals surface area contributed by atoms with E-state index in [-0.39, 0.29) is 17.5 Å². The van der Waals surface area contributed by atoms with Crippen LogP contribution in [-0.4, -0.2) is 36.1 Å². The van der Waals surface area contributed by atoms with E-state index in [9.17, 15) is 18.0 Å². The average Bonchev–Trinajstić information content (AvgIpc) is 2.89. The van der Waals surface area contributed by atoms with E-state index in [0.717, 1.165) is 43.3 Å². The number of rotatable bonds is 4. The maximum absolute atomic E-state index is 14.1. The Morgan fingerprint density at radius 1 is 1.33 bits per heavy atom. The molecule has 0 bridgehead atoms. The fraction of sp³-hybridized carbons (Fsp3) is 0.417. The van der Waals surface area contributed by atoms with Crippen LogP contribution in [0.4, 0.5) is 13.2 Å². The summed E-state index contributed by atoms with van der Waals surface area (Å²) in [6.07, 6.45) is 11.8. The minimum Gasteiger partial charge on any atom is -0.372 e. The van der Waals surface area contributed by atoms with Gasteiger partial charge in [-0.2, -0.15) is 0 Å². The Kier molecular flexibility index (Phi) is 9.00. The Hall–Kier alpha value is -2.72. The second-order valence-corrected chi connectivity index (χ2v) is 7.41. The van der Waals surface area contributed by atoms with Gasteiger partial charge < -0.3 is 10.2 Å². The van der Waals surface area contributed by atoms with Crippen LogP contribution >= 0.6 is 0 Å². The summed E-state index contributed by atoms with van der Waals surface area (Å²) in [7, 11) is 0. The van der Waals surface area contributed by atoms with Crippen LogP contribution in [0.15, 0.2) is 77.3 Å². The van der Waals surface area contributed by atoms with Crippen LogP contribution in [0.3, 0.4) is 0 Å². The van der Waals surface area contributed by atoms with Crippen LogP contribution in [0.25, 0.3) is 0 Å². The smallest absolute Gasteiger partial charge is 0.217 e. The van der Waals surface area contributed by atoms with Gasteiger partial charge in [0.15, 0.2) is 11.7 Å². The number of piperidine rings is 1. The number of nitrogens with zero attached hydrogens (tertiary/aromatic N) is 1.